The zero-order chi connectivity index (χ0) is 22.8. The number of anilines is 1. The van der Waals surface area contributed by atoms with E-state index in [2.05, 4.69) is 35.1 Å². The summed E-state index contributed by atoms with van der Waals surface area (Å²) in [7, 11) is 0. The Kier molecular flexibility index (Phi) is 6.69. The maximum absolute atomic E-state index is 13.4. The van der Waals surface area contributed by atoms with E-state index in [1.165, 1.54) is 6.26 Å². The van der Waals surface area contributed by atoms with Gasteiger partial charge in [0.2, 0.25) is 5.91 Å². The van der Waals surface area contributed by atoms with E-state index in [1.54, 1.807) is 35.2 Å². The molecule has 1 N–H and O–H groups in total. The van der Waals surface area contributed by atoms with Crippen molar-refractivity contribution in [3.05, 3.63) is 52.4 Å². The highest BCUT2D eigenvalue weighted by Crippen LogP contribution is 2.28. The van der Waals surface area contributed by atoms with Gasteiger partial charge in [0.15, 0.2) is 5.76 Å². The van der Waals surface area contributed by atoms with Crippen LogP contribution in [0.1, 0.15) is 54.0 Å². The van der Waals surface area contributed by atoms with Gasteiger partial charge in [0, 0.05) is 24.1 Å². The van der Waals surface area contributed by atoms with Crippen LogP contribution in [0.25, 0.3) is 0 Å². The van der Waals surface area contributed by atoms with Gasteiger partial charge in [0.05, 0.1) is 17.5 Å². The van der Waals surface area contributed by atoms with Crippen molar-refractivity contribution in [2.45, 2.75) is 39.2 Å². The predicted molar refractivity (Wildman–Crippen MR) is 124 cm³/mol. The first kappa shape index (κ1) is 22.6. The predicted octanol–water partition coefficient (Wildman–Crippen LogP) is 4.40. The molecule has 3 atom stereocenters. The van der Waals surface area contributed by atoms with Gasteiger partial charge in [-0.05, 0) is 61.4 Å². The van der Waals surface area contributed by atoms with Gasteiger partial charge < -0.3 is 19.5 Å². The second-order valence-electron chi connectivity index (χ2n) is 8.97. The fourth-order valence-corrected chi connectivity index (χ4v) is 5.20. The Hall–Kier alpha value is -2.61. The number of carbonyl (C=O) groups is 3. The highest BCUT2D eigenvalue weighted by molar-refractivity contribution is 9.10. The summed E-state index contributed by atoms with van der Waals surface area (Å²) in [4.78, 5) is 42.7. The maximum Gasteiger partial charge on any atom is 0.290 e. The third-order valence-electron chi connectivity index (χ3n) is 6.17. The first-order chi connectivity index (χ1) is 15.3. The molecule has 4 rings (SSSR count). The SMILES string of the molecule is C[C@@H]1C[C@H](C)CN(C(=O)c2cc(Br)ccc2NC(=O)[C@H]2CCCN2C(=O)c2ccco2)C1. The van der Waals surface area contributed by atoms with Crippen molar-refractivity contribution in [2.75, 3.05) is 25.0 Å². The Morgan fingerprint density at radius 3 is 2.53 bits per heavy atom. The van der Waals surface area contributed by atoms with Crippen LogP contribution in [0, 0.1) is 11.8 Å². The van der Waals surface area contributed by atoms with Crippen molar-refractivity contribution in [3.8, 4) is 0 Å². The summed E-state index contributed by atoms with van der Waals surface area (Å²) in [6, 6.07) is 7.94. The Morgan fingerprint density at radius 1 is 1.09 bits per heavy atom. The largest absolute Gasteiger partial charge is 0.459 e. The van der Waals surface area contributed by atoms with Gasteiger partial charge in [-0.3, -0.25) is 14.4 Å². The van der Waals surface area contributed by atoms with Crippen LogP contribution in [0.3, 0.4) is 0 Å². The highest BCUT2D eigenvalue weighted by atomic mass is 79.9. The Bertz CT molecular complexity index is 997. The lowest BCUT2D eigenvalue weighted by Gasteiger charge is -2.35. The molecule has 0 bridgehead atoms. The number of carbonyl (C=O) groups excluding carboxylic acids is 3. The molecule has 3 amide bonds. The molecular weight excluding hydrogens is 474 g/mol. The highest BCUT2D eigenvalue weighted by Gasteiger charge is 2.36. The van der Waals surface area contributed by atoms with Crippen LogP contribution >= 0.6 is 15.9 Å². The number of hydrogen-bond donors (Lipinski definition) is 1. The molecule has 2 aliphatic heterocycles. The quantitative estimate of drug-likeness (QED) is 0.672. The monoisotopic (exact) mass is 501 g/mol. The van der Waals surface area contributed by atoms with Gasteiger partial charge in [-0.25, -0.2) is 0 Å². The molecule has 3 heterocycles. The number of piperidine rings is 1. The molecule has 32 heavy (non-hydrogen) atoms. The minimum atomic E-state index is -0.603. The smallest absolute Gasteiger partial charge is 0.290 e. The Labute approximate surface area is 196 Å². The normalized spacial score (nSPS) is 23.3. The summed E-state index contributed by atoms with van der Waals surface area (Å²) in [5.74, 6) is 0.419. The first-order valence-electron chi connectivity index (χ1n) is 11.1. The summed E-state index contributed by atoms with van der Waals surface area (Å²) < 4.78 is 5.99. The molecule has 1 aromatic carbocycles. The van der Waals surface area contributed by atoms with Crippen LogP contribution in [-0.2, 0) is 4.79 Å². The fourth-order valence-electron chi connectivity index (χ4n) is 4.84. The van der Waals surface area contributed by atoms with E-state index in [-0.39, 0.29) is 23.5 Å². The molecular formula is C24H28BrN3O4. The molecule has 1 aromatic heterocycles. The van der Waals surface area contributed by atoms with Crippen LogP contribution in [0.15, 0.2) is 45.5 Å². The summed E-state index contributed by atoms with van der Waals surface area (Å²) in [6.45, 7) is 6.22. The van der Waals surface area contributed by atoms with Gasteiger partial charge in [0.25, 0.3) is 11.8 Å². The van der Waals surface area contributed by atoms with Gasteiger partial charge in [-0.15, -0.1) is 0 Å². The Balaban J connectivity index is 1.53. The number of hydrogen-bond acceptors (Lipinski definition) is 4. The lowest BCUT2D eigenvalue weighted by atomic mass is 9.91. The third-order valence-corrected chi connectivity index (χ3v) is 6.67. The molecule has 0 saturated carbocycles. The summed E-state index contributed by atoms with van der Waals surface area (Å²) in [6.07, 6.45) is 3.85. The number of rotatable bonds is 4. The van der Waals surface area contributed by atoms with E-state index in [1.807, 2.05) is 4.90 Å². The van der Waals surface area contributed by atoms with E-state index in [0.717, 1.165) is 17.3 Å². The number of likely N-dealkylation sites (tertiary alicyclic amines) is 2. The van der Waals surface area contributed by atoms with Crippen LogP contribution in [0.5, 0.6) is 0 Å². The molecule has 2 saturated heterocycles. The number of nitrogens with one attached hydrogen (secondary N) is 1. The van der Waals surface area contributed by atoms with Crippen molar-refractivity contribution in [1.82, 2.24) is 9.80 Å². The van der Waals surface area contributed by atoms with E-state index < -0.39 is 6.04 Å². The van der Waals surface area contributed by atoms with Crippen molar-refractivity contribution in [2.24, 2.45) is 11.8 Å². The van der Waals surface area contributed by atoms with Crippen molar-refractivity contribution < 1.29 is 18.8 Å². The average Bonchev–Trinajstić information content (AvgIpc) is 3.45. The summed E-state index contributed by atoms with van der Waals surface area (Å²) in [5, 5.41) is 2.92. The van der Waals surface area contributed by atoms with E-state index in [4.69, 9.17) is 4.42 Å². The molecule has 0 unspecified atom stereocenters. The molecule has 8 heteroatoms. The van der Waals surface area contributed by atoms with E-state index in [9.17, 15) is 14.4 Å². The van der Waals surface area contributed by atoms with E-state index in [0.29, 0.717) is 49.1 Å². The van der Waals surface area contributed by atoms with Gasteiger partial charge >= 0.3 is 0 Å². The van der Waals surface area contributed by atoms with Gasteiger partial charge in [-0.1, -0.05) is 29.8 Å². The Morgan fingerprint density at radius 2 is 1.84 bits per heavy atom. The zero-order valence-electron chi connectivity index (χ0n) is 18.3. The number of halogens is 1. The van der Waals surface area contributed by atoms with Crippen molar-refractivity contribution in [1.29, 1.82) is 0 Å². The number of furan rings is 1. The molecule has 2 aromatic rings. The van der Waals surface area contributed by atoms with Gasteiger partial charge in [-0.2, -0.15) is 0 Å². The number of benzene rings is 1. The van der Waals surface area contributed by atoms with Crippen molar-refractivity contribution in [3.63, 3.8) is 0 Å². The van der Waals surface area contributed by atoms with Crippen LogP contribution in [0.2, 0.25) is 0 Å². The topological polar surface area (TPSA) is 82.9 Å². The minimum Gasteiger partial charge on any atom is -0.459 e. The molecule has 2 aliphatic rings. The number of nitrogens with zero attached hydrogens (tertiary/aromatic N) is 2. The fraction of sp³-hybridized carbons (Fsp3) is 0.458. The molecule has 7 nitrogen and oxygen atoms in total. The van der Waals surface area contributed by atoms with Crippen molar-refractivity contribution >= 4 is 39.3 Å². The second kappa shape index (κ2) is 9.48. The van der Waals surface area contributed by atoms with Crippen LogP contribution in [0.4, 0.5) is 5.69 Å². The summed E-state index contributed by atoms with van der Waals surface area (Å²) in [5.41, 5.74) is 0.919. The molecule has 170 valence electrons. The average molecular weight is 502 g/mol. The zero-order valence-corrected chi connectivity index (χ0v) is 19.9. The minimum absolute atomic E-state index is 0.0880. The molecule has 0 spiro atoms. The van der Waals surface area contributed by atoms with E-state index >= 15 is 0 Å². The standard InChI is InChI=1S/C24H28BrN3O4/c1-15-11-16(2)14-27(13-15)23(30)18-12-17(25)7-8-19(18)26-22(29)20-5-3-9-28(20)24(31)21-6-4-10-32-21/h4,6-8,10,12,15-16,20H,3,5,9,11,13-14H2,1-2H3,(H,26,29)/t15-,16+,20-/m1/s1. The molecule has 2 fully saturated rings. The maximum atomic E-state index is 13.4. The van der Waals surface area contributed by atoms with Crippen LogP contribution in [-0.4, -0.2) is 53.2 Å². The summed E-state index contributed by atoms with van der Waals surface area (Å²) >= 11 is 3.45. The molecule has 0 radical (unpaired) electrons. The van der Waals surface area contributed by atoms with Crippen LogP contribution < -0.4 is 5.32 Å². The first-order valence-corrected chi connectivity index (χ1v) is 11.9. The molecule has 0 aliphatic carbocycles. The lowest BCUT2D eigenvalue weighted by Crippen LogP contribution is -2.44. The lowest BCUT2D eigenvalue weighted by molar-refractivity contribution is -0.119. The third kappa shape index (κ3) is 4.75. The number of amides is 3. The van der Waals surface area contributed by atoms with Gasteiger partial charge in [0.1, 0.15) is 6.04 Å². The second-order valence-corrected chi connectivity index (χ2v) is 9.88.